The molecule has 4 atom stereocenters. The van der Waals surface area contributed by atoms with Crippen LogP contribution in [-0.4, -0.2) is 47.1 Å². The van der Waals surface area contributed by atoms with Crippen molar-refractivity contribution in [1.82, 2.24) is 0 Å². The molecule has 1 spiro atoms. The molecule has 6 nitrogen and oxygen atoms in total. The molecule has 2 aliphatic heterocycles. The maximum atomic E-state index is 12.3. The molecule has 3 aliphatic rings. The van der Waals surface area contributed by atoms with Crippen LogP contribution in [0.1, 0.15) is 60.8 Å². The van der Waals surface area contributed by atoms with Crippen LogP contribution in [0.2, 0.25) is 0 Å². The molecule has 0 aromatic heterocycles. The maximum absolute atomic E-state index is 12.3. The Labute approximate surface area is 196 Å². The van der Waals surface area contributed by atoms with E-state index in [9.17, 15) is 14.7 Å². The van der Waals surface area contributed by atoms with E-state index in [4.69, 9.17) is 14.2 Å². The molecule has 33 heavy (non-hydrogen) atoms. The Morgan fingerprint density at radius 2 is 1.97 bits per heavy atom. The van der Waals surface area contributed by atoms with Gasteiger partial charge in [0.15, 0.2) is 5.78 Å². The van der Waals surface area contributed by atoms with Crippen molar-refractivity contribution in [3.05, 3.63) is 58.7 Å². The maximum Gasteiger partial charge on any atom is 0.302 e. The first-order valence-corrected chi connectivity index (χ1v) is 11.5. The van der Waals surface area contributed by atoms with Crippen LogP contribution in [-0.2, 0) is 23.8 Å². The number of Topliss-reactive ketones (excluding diaryl/α,β-unsaturated/α-hetero) is 1. The van der Waals surface area contributed by atoms with E-state index in [2.05, 4.69) is 13.0 Å². The van der Waals surface area contributed by atoms with Crippen molar-refractivity contribution in [3.8, 4) is 0 Å². The summed E-state index contributed by atoms with van der Waals surface area (Å²) in [5, 5.41) is 9.87. The Bertz CT molecular complexity index is 942. The van der Waals surface area contributed by atoms with Crippen molar-refractivity contribution in [2.24, 2.45) is 5.92 Å². The number of carbonyl (C=O) groups excluding carboxylic acids is 2. The van der Waals surface area contributed by atoms with Crippen molar-refractivity contribution in [2.45, 2.75) is 84.4 Å². The molecule has 0 fully saturated rings. The standard InChI is InChI=1S/C27H36O6/c1-17(8-7-9-26(5,6)30)10-22-11-18(2)14-27(32-22)15-21(16-31-20(4)28)23-13-24(29)19(3)12-25(23)33-27/h7,9-10,12,14-15,22-23,25,30H,8,11,13,16H2,1-6H3/b9-7+,17-10+/t22-,23-,25-,27+/m1/s1. The molecule has 6 heteroatoms. The predicted molar refractivity (Wildman–Crippen MR) is 126 cm³/mol. The summed E-state index contributed by atoms with van der Waals surface area (Å²) in [4.78, 5) is 23.8. The summed E-state index contributed by atoms with van der Waals surface area (Å²) in [6.07, 6.45) is 12.8. The summed E-state index contributed by atoms with van der Waals surface area (Å²) in [5.41, 5.74) is 2.95. The smallest absolute Gasteiger partial charge is 0.302 e. The number of esters is 1. The number of aliphatic hydroxyl groups is 1. The Balaban J connectivity index is 1.87. The number of allylic oxidation sites excluding steroid dienone is 3. The molecule has 1 N–H and O–H groups in total. The first kappa shape index (κ1) is 25.3. The van der Waals surface area contributed by atoms with E-state index in [1.54, 1.807) is 26.8 Å². The van der Waals surface area contributed by atoms with E-state index in [0.717, 1.165) is 23.1 Å². The summed E-state index contributed by atoms with van der Waals surface area (Å²) in [7, 11) is 0. The lowest BCUT2D eigenvalue weighted by molar-refractivity contribution is -0.225. The Morgan fingerprint density at radius 1 is 1.24 bits per heavy atom. The number of hydrogen-bond acceptors (Lipinski definition) is 6. The highest BCUT2D eigenvalue weighted by Crippen LogP contribution is 2.42. The molecule has 2 heterocycles. The third-order valence-corrected chi connectivity index (χ3v) is 6.02. The van der Waals surface area contributed by atoms with Crippen LogP contribution >= 0.6 is 0 Å². The van der Waals surface area contributed by atoms with Crippen LogP contribution in [0.5, 0.6) is 0 Å². The third-order valence-electron chi connectivity index (χ3n) is 6.02. The van der Waals surface area contributed by atoms with Gasteiger partial charge in [0.25, 0.3) is 0 Å². The van der Waals surface area contributed by atoms with Gasteiger partial charge in [0, 0.05) is 19.3 Å². The van der Waals surface area contributed by atoms with Gasteiger partial charge in [-0.3, -0.25) is 9.59 Å². The van der Waals surface area contributed by atoms with Crippen molar-refractivity contribution >= 4 is 11.8 Å². The van der Waals surface area contributed by atoms with Gasteiger partial charge in [0.1, 0.15) is 6.61 Å². The second-order valence-corrected chi connectivity index (χ2v) is 10.0. The minimum atomic E-state index is -1.08. The van der Waals surface area contributed by atoms with Gasteiger partial charge in [-0.2, -0.15) is 0 Å². The third kappa shape index (κ3) is 6.85. The van der Waals surface area contributed by atoms with E-state index < -0.39 is 11.4 Å². The number of rotatable bonds is 6. The molecular formula is C27H36O6. The lowest BCUT2D eigenvalue weighted by Crippen LogP contribution is -2.49. The molecule has 0 bridgehead atoms. The van der Waals surface area contributed by atoms with Gasteiger partial charge >= 0.3 is 5.97 Å². The molecule has 0 aromatic carbocycles. The highest BCUT2D eigenvalue weighted by molar-refractivity contribution is 5.96. The molecule has 180 valence electrons. The second-order valence-electron chi connectivity index (χ2n) is 10.0. The van der Waals surface area contributed by atoms with Crippen molar-refractivity contribution in [2.75, 3.05) is 6.61 Å². The fourth-order valence-corrected chi connectivity index (χ4v) is 4.52. The summed E-state index contributed by atoms with van der Waals surface area (Å²) >= 11 is 0. The number of carbonyl (C=O) groups is 2. The Morgan fingerprint density at radius 3 is 2.64 bits per heavy atom. The second kappa shape index (κ2) is 9.92. The SMILES string of the molecule is CC(=O)OCC1=C[C@]2(C=C(C)C[C@@H](/C=C(\C)C/C=C/C(C)(C)O)O2)O[C@@H]2C=C(C)C(=O)C[C@H]12. The van der Waals surface area contributed by atoms with Gasteiger partial charge in [0.2, 0.25) is 5.79 Å². The molecular weight excluding hydrogens is 420 g/mol. The minimum absolute atomic E-state index is 0.0800. The summed E-state index contributed by atoms with van der Waals surface area (Å²) in [5.74, 6) is -1.54. The van der Waals surface area contributed by atoms with Gasteiger partial charge < -0.3 is 19.3 Å². The summed E-state index contributed by atoms with van der Waals surface area (Å²) in [6, 6.07) is 0. The lowest BCUT2D eigenvalue weighted by atomic mass is 9.79. The van der Waals surface area contributed by atoms with Crippen molar-refractivity contribution in [1.29, 1.82) is 0 Å². The first-order valence-electron chi connectivity index (χ1n) is 11.5. The lowest BCUT2D eigenvalue weighted by Gasteiger charge is -2.45. The zero-order valence-electron chi connectivity index (χ0n) is 20.5. The largest absolute Gasteiger partial charge is 0.461 e. The first-order chi connectivity index (χ1) is 15.4. The number of ether oxygens (including phenoxy) is 3. The molecule has 0 amide bonds. The van der Waals surface area contributed by atoms with Crippen LogP contribution in [0.25, 0.3) is 0 Å². The minimum Gasteiger partial charge on any atom is -0.461 e. The average molecular weight is 457 g/mol. The van der Waals surface area contributed by atoms with Crippen LogP contribution in [0.4, 0.5) is 0 Å². The van der Waals surface area contributed by atoms with Crippen LogP contribution < -0.4 is 0 Å². The zero-order valence-corrected chi connectivity index (χ0v) is 20.5. The van der Waals surface area contributed by atoms with Gasteiger partial charge in [0.05, 0.1) is 17.8 Å². The van der Waals surface area contributed by atoms with Crippen LogP contribution in [0, 0.1) is 5.92 Å². The molecule has 0 radical (unpaired) electrons. The Kier molecular flexibility index (Phi) is 7.62. The number of hydrogen-bond donors (Lipinski definition) is 1. The highest BCUT2D eigenvalue weighted by Gasteiger charge is 2.45. The number of fused-ring (bicyclic) bond motifs is 1. The van der Waals surface area contributed by atoms with E-state index in [-0.39, 0.29) is 36.5 Å². The molecule has 0 saturated heterocycles. The predicted octanol–water partition coefficient (Wildman–Crippen LogP) is 4.51. The summed E-state index contributed by atoms with van der Waals surface area (Å²) < 4.78 is 18.2. The number of ketones is 1. The fourth-order valence-electron chi connectivity index (χ4n) is 4.52. The van der Waals surface area contributed by atoms with Gasteiger partial charge in [-0.05, 0) is 76.8 Å². The molecule has 0 aromatic rings. The molecule has 0 unspecified atom stereocenters. The topological polar surface area (TPSA) is 82.1 Å². The molecule has 3 rings (SSSR count). The molecule has 1 aliphatic carbocycles. The fraction of sp³-hybridized carbons (Fsp3) is 0.556. The van der Waals surface area contributed by atoms with Crippen LogP contribution in [0.15, 0.2) is 58.7 Å². The van der Waals surface area contributed by atoms with Crippen LogP contribution in [0.3, 0.4) is 0 Å². The molecule has 0 saturated carbocycles. The van der Waals surface area contributed by atoms with E-state index in [1.165, 1.54) is 6.92 Å². The highest BCUT2D eigenvalue weighted by atomic mass is 16.7. The zero-order chi connectivity index (χ0) is 24.4. The van der Waals surface area contributed by atoms with E-state index in [0.29, 0.717) is 18.4 Å². The monoisotopic (exact) mass is 456 g/mol. The summed E-state index contributed by atoms with van der Waals surface area (Å²) in [6.45, 7) is 10.9. The van der Waals surface area contributed by atoms with Crippen molar-refractivity contribution < 1.29 is 28.9 Å². The van der Waals surface area contributed by atoms with E-state index >= 15 is 0 Å². The van der Waals surface area contributed by atoms with Crippen molar-refractivity contribution in [3.63, 3.8) is 0 Å². The van der Waals surface area contributed by atoms with Gasteiger partial charge in [-0.15, -0.1) is 0 Å². The average Bonchev–Trinajstić information content (AvgIpc) is 2.66. The van der Waals surface area contributed by atoms with Gasteiger partial charge in [-0.25, -0.2) is 0 Å². The Hall–Kier alpha value is -2.28. The van der Waals surface area contributed by atoms with E-state index in [1.807, 2.05) is 31.2 Å². The quantitative estimate of drug-likeness (QED) is 0.468. The van der Waals surface area contributed by atoms with Gasteiger partial charge in [-0.1, -0.05) is 29.4 Å². The normalized spacial score (nSPS) is 30.6.